The summed E-state index contributed by atoms with van der Waals surface area (Å²) in [5, 5.41) is 12.0. The summed E-state index contributed by atoms with van der Waals surface area (Å²) in [7, 11) is 1.60. The monoisotopic (exact) mass is 472 g/mol. The van der Waals surface area contributed by atoms with Gasteiger partial charge in [-0.1, -0.05) is 29.3 Å². The van der Waals surface area contributed by atoms with Gasteiger partial charge in [0.1, 0.15) is 17.8 Å². The van der Waals surface area contributed by atoms with Crippen molar-refractivity contribution in [3.05, 3.63) is 82.4 Å². The van der Waals surface area contributed by atoms with Crippen LogP contribution in [0, 0.1) is 0 Å². The van der Waals surface area contributed by atoms with E-state index in [1.165, 1.54) is 11.0 Å². The first-order valence-corrected chi connectivity index (χ1v) is 10.2. The van der Waals surface area contributed by atoms with Crippen LogP contribution in [0.5, 0.6) is 11.5 Å². The first-order chi connectivity index (χ1) is 15.5. The molecule has 0 unspecified atom stereocenters. The number of benzene rings is 2. The van der Waals surface area contributed by atoms with Crippen molar-refractivity contribution in [1.29, 1.82) is 0 Å². The van der Waals surface area contributed by atoms with E-state index in [2.05, 4.69) is 20.5 Å². The second kappa shape index (κ2) is 9.71. The van der Waals surface area contributed by atoms with Gasteiger partial charge >= 0.3 is 0 Å². The molecule has 0 saturated carbocycles. The highest BCUT2D eigenvalue weighted by Crippen LogP contribution is 2.23. The fraction of sp³-hybridized carbons (Fsp3) is 0.143. The second-order valence-electron chi connectivity index (χ2n) is 6.66. The number of aromatic nitrogens is 5. The van der Waals surface area contributed by atoms with Gasteiger partial charge in [0, 0.05) is 6.20 Å². The van der Waals surface area contributed by atoms with Crippen LogP contribution in [0.25, 0.3) is 0 Å². The Labute approximate surface area is 193 Å². The van der Waals surface area contributed by atoms with Crippen molar-refractivity contribution in [2.24, 2.45) is 0 Å². The van der Waals surface area contributed by atoms with Gasteiger partial charge in [-0.15, -0.1) is 5.10 Å². The minimum Gasteiger partial charge on any atom is -0.497 e. The van der Waals surface area contributed by atoms with Gasteiger partial charge in [0.25, 0.3) is 5.91 Å². The van der Waals surface area contributed by atoms with Gasteiger partial charge in [-0.05, 0) is 48.0 Å². The highest BCUT2D eigenvalue weighted by molar-refractivity contribution is 6.42. The lowest BCUT2D eigenvalue weighted by Gasteiger charge is -2.07. The molecule has 0 bridgehead atoms. The van der Waals surface area contributed by atoms with Crippen LogP contribution < -0.4 is 14.8 Å². The Balaban J connectivity index is 1.32. The Hall–Kier alpha value is -3.56. The molecule has 0 spiro atoms. The van der Waals surface area contributed by atoms with Crippen molar-refractivity contribution in [3.63, 3.8) is 0 Å². The zero-order valence-electron chi connectivity index (χ0n) is 16.9. The van der Waals surface area contributed by atoms with Crippen LogP contribution in [0.1, 0.15) is 16.1 Å². The van der Waals surface area contributed by atoms with E-state index < -0.39 is 5.91 Å². The second-order valence-corrected chi connectivity index (χ2v) is 7.47. The summed E-state index contributed by atoms with van der Waals surface area (Å²) in [6, 6.07) is 14.1. The normalized spacial score (nSPS) is 10.7. The molecule has 11 heteroatoms. The summed E-state index contributed by atoms with van der Waals surface area (Å²) < 4.78 is 13.8. The van der Waals surface area contributed by atoms with Gasteiger partial charge in [-0.25, -0.2) is 14.3 Å². The van der Waals surface area contributed by atoms with Crippen molar-refractivity contribution in [2.75, 3.05) is 12.4 Å². The highest BCUT2D eigenvalue weighted by Gasteiger charge is 2.13. The number of nitrogens with zero attached hydrogens (tertiary/aromatic N) is 5. The van der Waals surface area contributed by atoms with E-state index in [1.54, 1.807) is 60.5 Å². The van der Waals surface area contributed by atoms with Gasteiger partial charge in [-0.2, -0.15) is 5.10 Å². The number of nitrogens with one attached hydrogen (secondary N) is 1. The van der Waals surface area contributed by atoms with Gasteiger partial charge in [0.15, 0.2) is 12.4 Å². The largest absolute Gasteiger partial charge is 0.497 e. The smallest absolute Gasteiger partial charge is 0.278 e. The maximum Gasteiger partial charge on any atom is 0.278 e. The summed E-state index contributed by atoms with van der Waals surface area (Å²) >= 11 is 12.0. The third kappa shape index (κ3) is 5.37. The van der Waals surface area contributed by atoms with E-state index in [-0.39, 0.29) is 18.4 Å². The first kappa shape index (κ1) is 21.7. The number of halogens is 2. The molecular formula is C21H18Cl2N6O3. The van der Waals surface area contributed by atoms with Gasteiger partial charge < -0.3 is 9.47 Å². The van der Waals surface area contributed by atoms with Crippen LogP contribution in [-0.2, 0) is 13.3 Å². The van der Waals surface area contributed by atoms with Crippen LogP contribution in [0.4, 0.5) is 5.95 Å². The molecule has 0 atom stereocenters. The Bertz CT molecular complexity index is 1220. The van der Waals surface area contributed by atoms with E-state index >= 15 is 0 Å². The van der Waals surface area contributed by atoms with Gasteiger partial charge in [0.2, 0.25) is 5.95 Å². The molecule has 0 fully saturated rings. The van der Waals surface area contributed by atoms with Gasteiger partial charge in [-0.3, -0.25) is 10.1 Å². The molecule has 1 N–H and O–H groups in total. The SMILES string of the molecule is COc1ccc(OCn2ccc(C(=O)Nc3ncn(Cc4ccc(Cl)c(Cl)c4)n3)n2)cc1. The molecule has 0 aliphatic heterocycles. The molecule has 0 aliphatic rings. The van der Waals surface area contributed by atoms with Crippen molar-refractivity contribution in [3.8, 4) is 11.5 Å². The quantitative estimate of drug-likeness (QED) is 0.414. The number of methoxy groups -OCH3 is 1. The Morgan fingerprint density at radius 1 is 1.00 bits per heavy atom. The molecule has 0 aliphatic carbocycles. The number of carbonyl (C=O) groups is 1. The number of hydrogen-bond donors (Lipinski definition) is 1. The minimum absolute atomic E-state index is 0.149. The number of hydrogen-bond acceptors (Lipinski definition) is 6. The predicted molar refractivity (Wildman–Crippen MR) is 119 cm³/mol. The topological polar surface area (TPSA) is 96.1 Å². The average Bonchev–Trinajstić information content (AvgIpc) is 3.45. The highest BCUT2D eigenvalue weighted by atomic mass is 35.5. The zero-order valence-corrected chi connectivity index (χ0v) is 18.4. The number of rotatable bonds is 8. The lowest BCUT2D eigenvalue weighted by molar-refractivity contribution is 0.101. The van der Waals surface area contributed by atoms with E-state index in [4.69, 9.17) is 32.7 Å². The predicted octanol–water partition coefficient (Wildman–Crippen LogP) is 4.13. The lowest BCUT2D eigenvalue weighted by atomic mass is 10.2. The van der Waals surface area contributed by atoms with Crippen LogP contribution in [0.2, 0.25) is 10.0 Å². The Morgan fingerprint density at radius 3 is 2.53 bits per heavy atom. The molecule has 0 saturated heterocycles. The molecule has 2 aromatic carbocycles. The lowest BCUT2D eigenvalue weighted by Crippen LogP contribution is -2.15. The molecule has 4 aromatic rings. The number of carbonyl (C=O) groups excluding carboxylic acids is 1. The Kier molecular flexibility index (Phi) is 6.58. The molecule has 2 heterocycles. The Morgan fingerprint density at radius 2 is 1.78 bits per heavy atom. The van der Waals surface area contributed by atoms with Crippen LogP contribution >= 0.6 is 23.2 Å². The van der Waals surface area contributed by atoms with E-state index in [1.807, 2.05) is 6.07 Å². The zero-order chi connectivity index (χ0) is 22.5. The average molecular weight is 473 g/mol. The minimum atomic E-state index is -0.430. The number of anilines is 1. The summed E-state index contributed by atoms with van der Waals surface area (Å²) in [6.45, 7) is 0.577. The van der Waals surface area contributed by atoms with Crippen molar-refractivity contribution >= 4 is 35.1 Å². The molecule has 9 nitrogen and oxygen atoms in total. The van der Waals surface area contributed by atoms with Crippen LogP contribution in [0.3, 0.4) is 0 Å². The summed E-state index contributed by atoms with van der Waals surface area (Å²) in [5.74, 6) is 1.13. The third-order valence-electron chi connectivity index (χ3n) is 4.39. The summed E-state index contributed by atoms with van der Waals surface area (Å²) in [4.78, 5) is 16.6. The van der Waals surface area contributed by atoms with Crippen molar-refractivity contribution in [1.82, 2.24) is 24.5 Å². The molecule has 164 valence electrons. The van der Waals surface area contributed by atoms with E-state index in [9.17, 15) is 4.79 Å². The van der Waals surface area contributed by atoms with Crippen LogP contribution in [-0.4, -0.2) is 37.6 Å². The fourth-order valence-electron chi connectivity index (χ4n) is 2.79. The standard InChI is InChI=1S/C21H18Cl2N6O3/c1-31-15-3-5-16(6-4-15)32-13-28-9-8-19(26-28)20(30)25-21-24-12-29(27-21)11-14-2-7-17(22)18(23)10-14/h2-10,12H,11,13H2,1H3,(H,25,27,30). The summed E-state index contributed by atoms with van der Waals surface area (Å²) in [6.07, 6.45) is 3.16. The van der Waals surface area contributed by atoms with Crippen LogP contribution in [0.15, 0.2) is 61.1 Å². The summed E-state index contributed by atoms with van der Waals surface area (Å²) in [5.41, 5.74) is 1.11. The van der Waals surface area contributed by atoms with Crippen molar-refractivity contribution in [2.45, 2.75) is 13.3 Å². The van der Waals surface area contributed by atoms with Gasteiger partial charge in [0.05, 0.1) is 23.7 Å². The molecule has 4 rings (SSSR count). The number of ether oxygens (including phenoxy) is 2. The molecule has 2 aromatic heterocycles. The molecule has 32 heavy (non-hydrogen) atoms. The maximum absolute atomic E-state index is 12.5. The molecule has 0 radical (unpaired) electrons. The first-order valence-electron chi connectivity index (χ1n) is 9.45. The third-order valence-corrected chi connectivity index (χ3v) is 5.13. The molecular weight excluding hydrogens is 455 g/mol. The van der Waals surface area contributed by atoms with E-state index in [0.717, 1.165) is 11.3 Å². The van der Waals surface area contributed by atoms with Crippen molar-refractivity contribution < 1.29 is 14.3 Å². The fourth-order valence-corrected chi connectivity index (χ4v) is 3.11. The number of amides is 1. The maximum atomic E-state index is 12.5. The molecule has 1 amide bonds. The van der Waals surface area contributed by atoms with E-state index in [0.29, 0.717) is 22.3 Å².